The van der Waals surface area contributed by atoms with Crippen LogP contribution >= 0.6 is 0 Å². The third kappa shape index (κ3) is 6.24. The number of anilines is 5. The molecular weight excluding hydrogens is 739 g/mol. The normalized spacial score (nSPS) is 11.9. The van der Waals surface area contributed by atoms with Gasteiger partial charge < -0.3 is 30.2 Å². The zero-order valence-electron chi connectivity index (χ0n) is 32.4. The van der Waals surface area contributed by atoms with Crippen LogP contribution in [0.4, 0.5) is 28.4 Å². The van der Waals surface area contributed by atoms with Gasteiger partial charge in [-0.15, -0.1) is 0 Å². The number of aromatic hydroxyl groups is 4. The van der Waals surface area contributed by atoms with Gasteiger partial charge in [0.25, 0.3) is 0 Å². The first kappa shape index (κ1) is 36.4. The maximum absolute atomic E-state index is 10.8. The zero-order valence-corrected chi connectivity index (χ0v) is 32.4. The smallest absolute Gasteiger partial charge is 0.200 e. The lowest BCUT2D eigenvalue weighted by atomic mass is 9.88. The van der Waals surface area contributed by atoms with Crippen molar-refractivity contribution in [2.24, 2.45) is 0 Å². The number of benzene rings is 9. The highest BCUT2D eigenvalue weighted by Crippen LogP contribution is 2.48. The second-order valence-electron chi connectivity index (χ2n) is 15.0. The van der Waals surface area contributed by atoms with Crippen molar-refractivity contribution in [2.45, 2.75) is 6.54 Å². The highest BCUT2D eigenvalue weighted by atomic mass is 16.3. The van der Waals surface area contributed by atoms with E-state index >= 15 is 0 Å². The molecule has 4 N–H and O–H groups in total. The van der Waals surface area contributed by atoms with Crippen molar-refractivity contribution in [1.29, 1.82) is 0 Å². The van der Waals surface area contributed by atoms with Crippen LogP contribution in [0.3, 0.4) is 0 Å². The number of hydrogen-bond acceptors (Lipinski definition) is 6. The van der Waals surface area contributed by atoms with Crippen LogP contribution in [-0.4, -0.2) is 28.3 Å². The number of rotatable bonds is 7. The van der Waals surface area contributed by atoms with E-state index < -0.39 is 28.5 Å². The Kier molecular flexibility index (Phi) is 8.99. The molecule has 0 fully saturated rings. The van der Waals surface area contributed by atoms with E-state index in [0.717, 1.165) is 51.5 Å². The fourth-order valence-electron chi connectivity index (χ4n) is 8.46. The van der Waals surface area contributed by atoms with Gasteiger partial charge in [0.15, 0.2) is 11.5 Å². The number of phenolic OH excluding ortho intramolecular Hbond substituents is 4. The molecular formula is C53H37BN2O4. The standard InChI is InChI=1S/C53H37BN2O4/c54-49-50(57)48(51(58)53(60)52(49)59)36-23-29-42(30-24-36)56(40-25-19-34(20-26-40)38-18-17-33-9-1-2-10-37(33)31-38)41-27-21-35(22-28-41)44-13-5-7-15-46(44)55-32-39-11-3-4-12-43(39)45-14-6-8-16-47(45)55/h1-31,57-60H,32H2. The predicted molar refractivity (Wildman–Crippen MR) is 245 cm³/mol. The fraction of sp³-hybridized carbons (Fsp3) is 0.0189. The molecule has 9 aromatic rings. The number of phenols is 4. The molecule has 0 aliphatic carbocycles. The maximum atomic E-state index is 10.8. The summed E-state index contributed by atoms with van der Waals surface area (Å²) in [5.41, 5.74) is 13.0. The Bertz CT molecular complexity index is 3040. The molecule has 0 saturated heterocycles. The van der Waals surface area contributed by atoms with Crippen LogP contribution in [0, 0.1) is 0 Å². The first-order valence-electron chi connectivity index (χ1n) is 19.7. The van der Waals surface area contributed by atoms with E-state index in [1.54, 1.807) is 12.1 Å². The highest BCUT2D eigenvalue weighted by molar-refractivity contribution is 6.37. The van der Waals surface area contributed by atoms with Gasteiger partial charge in [-0.2, -0.15) is 0 Å². The first-order valence-corrected chi connectivity index (χ1v) is 19.7. The second kappa shape index (κ2) is 14.8. The Morgan fingerprint density at radius 2 is 0.900 bits per heavy atom. The fourth-order valence-corrected chi connectivity index (χ4v) is 8.46. The summed E-state index contributed by atoms with van der Waals surface area (Å²) in [5.74, 6) is -2.76. The van der Waals surface area contributed by atoms with Crippen molar-refractivity contribution >= 4 is 52.5 Å². The average molecular weight is 777 g/mol. The Balaban J connectivity index is 1.04. The molecule has 286 valence electrons. The summed E-state index contributed by atoms with van der Waals surface area (Å²) in [5, 5.41) is 44.3. The Hall–Kier alpha value is -7.90. The summed E-state index contributed by atoms with van der Waals surface area (Å²) in [6, 6.07) is 64.8. The number of hydrogen-bond donors (Lipinski definition) is 4. The molecule has 2 radical (unpaired) electrons. The van der Waals surface area contributed by atoms with Crippen molar-refractivity contribution in [3.8, 4) is 67.5 Å². The molecule has 0 spiro atoms. The molecule has 0 aromatic heterocycles. The average Bonchev–Trinajstić information content (AvgIpc) is 3.31. The third-order valence-corrected chi connectivity index (χ3v) is 11.5. The van der Waals surface area contributed by atoms with Gasteiger partial charge in [-0.05, 0) is 104 Å². The summed E-state index contributed by atoms with van der Waals surface area (Å²) in [7, 11) is 5.87. The van der Waals surface area contributed by atoms with Crippen molar-refractivity contribution in [2.75, 3.05) is 9.80 Å². The summed E-state index contributed by atoms with van der Waals surface area (Å²) in [6.45, 7) is 0.757. The molecule has 1 aliphatic rings. The SMILES string of the molecule is [B]c1c(O)c(O)c(O)c(-c2ccc(N(c3ccc(-c4ccc5ccccc5c4)cc3)c3ccc(-c4ccccc4N4Cc5ccccc5-c5ccccc54)cc3)cc2)c1O. The van der Waals surface area contributed by atoms with Crippen LogP contribution < -0.4 is 15.3 Å². The van der Waals surface area contributed by atoms with Gasteiger partial charge in [0.1, 0.15) is 13.6 Å². The minimum atomic E-state index is -0.798. The van der Waals surface area contributed by atoms with Gasteiger partial charge in [-0.1, -0.05) is 133 Å². The summed E-state index contributed by atoms with van der Waals surface area (Å²) >= 11 is 0. The second-order valence-corrected chi connectivity index (χ2v) is 15.0. The van der Waals surface area contributed by atoms with E-state index in [1.165, 1.54) is 33.2 Å². The molecule has 1 aliphatic heterocycles. The quantitative estimate of drug-likeness (QED) is 0.0732. The number of fused-ring (bicyclic) bond motifs is 4. The van der Waals surface area contributed by atoms with Crippen molar-refractivity contribution in [3.05, 3.63) is 194 Å². The minimum absolute atomic E-state index is 0.0801. The van der Waals surface area contributed by atoms with Crippen LogP contribution in [0.25, 0.3) is 55.3 Å². The van der Waals surface area contributed by atoms with Crippen LogP contribution in [-0.2, 0) is 6.54 Å². The highest BCUT2D eigenvalue weighted by Gasteiger charge is 2.25. The summed E-state index contributed by atoms with van der Waals surface area (Å²) in [6.07, 6.45) is 0. The number of para-hydroxylation sites is 2. The van der Waals surface area contributed by atoms with Gasteiger partial charge in [-0.25, -0.2) is 0 Å². The van der Waals surface area contributed by atoms with Crippen LogP contribution in [0.5, 0.6) is 23.0 Å². The van der Waals surface area contributed by atoms with Gasteiger partial charge in [-0.3, -0.25) is 0 Å². The Labute approximate surface area is 349 Å². The molecule has 10 rings (SSSR count). The van der Waals surface area contributed by atoms with Gasteiger partial charge >= 0.3 is 0 Å². The molecule has 6 nitrogen and oxygen atoms in total. The summed E-state index contributed by atoms with van der Waals surface area (Å²) in [4.78, 5) is 4.55. The van der Waals surface area contributed by atoms with Gasteiger partial charge in [0.2, 0.25) is 5.75 Å². The van der Waals surface area contributed by atoms with Crippen molar-refractivity contribution in [1.82, 2.24) is 0 Å². The van der Waals surface area contributed by atoms with Crippen LogP contribution in [0.2, 0.25) is 0 Å². The molecule has 60 heavy (non-hydrogen) atoms. The lowest BCUT2D eigenvalue weighted by Gasteiger charge is -2.34. The predicted octanol–water partition coefficient (Wildman–Crippen LogP) is 12.2. The largest absolute Gasteiger partial charge is 0.508 e. The molecule has 1 heterocycles. The van der Waals surface area contributed by atoms with Crippen LogP contribution in [0.15, 0.2) is 188 Å². The lowest BCUT2D eigenvalue weighted by Crippen LogP contribution is -2.22. The van der Waals surface area contributed by atoms with E-state index in [-0.39, 0.29) is 5.56 Å². The van der Waals surface area contributed by atoms with E-state index in [4.69, 9.17) is 7.85 Å². The van der Waals surface area contributed by atoms with Crippen molar-refractivity contribution < 1.29 is 20.4 Å². The monoisotopic (exact) mass is 776 g/mol. The van der Waals surface area contributed by atoms with Gasteiger partial charge in [0, 0.05) is 46.1 Å². The van der Waals surface area contributed by atoms with Gasteiger partial charge in [0.05, 0.1) is 5.56 Å². The van der Waals surface area contributed by atoms with E-state index in [1.807, 2.05) is 18.2 Å². The van der Waals surface area contributed by atoms with Crippen LogP contribution in [0.1, 0.15) is 5.56 Å². The topological polar surface area (TPSA) is 87.4 Å². The summed E-state index contributed by atoms with van der Waals surface area (Å²) < 4.78 is 0. The Morgan fingerprint density at radius 3 is 1.57 bits per heavy atom. The lowest BCUT2D eigenvalue weighted by molar-refractivity contribution is 0.365. The molecule has 0 atom stereocenters. The molecule has 0 bridgehead atoms. The Morgan fingerprint density at radius 1 is 0.400 bits per heavy atom. The van der Waals surface area contributed by atoms with E-state index in [2.05, 4.69) is 168 Å². The third-order valence-electron chi connectivity index (χ3n) is 11.5. The molecule has 0 unspecified atom stereocenters. The van der Waals surface area contributed by atoms with Crippen molar-refractivity contribution in [3.63, 3.8) is 0 Å². The molecule has 0 saturated carbocycles. The van der Waals surface area contributed by atoms with E-state index in [0.29, 0.717) is 5.56 Å². The zero-order chi connectivity index (χ0) is 40.9. The first-order chi connectivity index (χ1) is 29.3. The maximum Gasteiger partial charge on any atom is 0.200 e. The molecule has 9 aromatic carbocycles. The molecule has 0 amide bonds. The minimum Gasteiger partial charge on any atom is -0.508 e. The van der Waals surface area contributed by atoms with E-state index in [9.17, 15) is 20.4 Å². The number of nitrogens with zero attached hydrogens (tertiary/aromatic N) is 2. The molecule has 7 heteroatoms.